The minimum atomic E-state index is -0.158. The predicted molar refractivity (Wildman–Crippen MR) is 114 cm³/mol. The molecule has 5 nitrogen and oxygen atoms in total. The molecule has 0 atom stereocenters. The number of carbonyl (C=O) groups excluding carboxylic acids is 2. The lowest BCUT2D eigenvalue weighted by atomic mass is 9.99. The number of anilines is 1. The second kappa shape index (κ2) is 9.75. The third-order valence-electron chi connectivity index (χ3n) is 4.86. The van der Waals surface area contributed by atoms with Crippen molar-refractivity contribution in [1.82, 2.24) is 4.98 Å². The molecule has 0 radical (unpaired) electrons. The van der Waals surface area contributed by atoms with Crippen molar-refractivity contribution in [3.05, 3.63) is 84.2 Å². The van der Waals surface area contributed by atoms with Gasteiger partial charge in [0.1, 0.15) is 0 Å². The van der Waals surface area contributed by atoms with Crippen molar-refractivity contribution in [3.63, 3.8) is 0 Å². The van der Waals surface area contributed by atoms with E-state index < -0.39 is 0 Å². The normalized spacial score (nSPS) is 10.6. The van der Waals surface area contributed by atoms with Crippen LogP contribution in [-0.2, 0) is 11.2 Å². The van der Waals surface area contributed by atoms with Crippen molar-refractivity contribution < 1.29 is 14.7 Å². The second-order valence-corrected chi connectivity index (χ2v) is 6.84. The number of hydrogen-bond acceptors (Lipinski definition) is 4. The number of amides is 1. The van der Waals surface area contributed by atoms with Crippen molar-refractivity contribution >= 4 is 17.4 Å². The molecule has 148 valence electrons. The van der Waals surface area contributed by atoms with Crippen LogP contribution >= 0.6 is 0 Å². The Morgan fingerprint density at radius 1 is 0.931 bits per heavy atom. The van der Waals surface area contributed by atoms with Gasteiger partial charge >= 0.3 is 0 Å². The standard InChI is InChI=1S/C24H24N2O3/c1-26(24(29)14-16-27)22-11-9-20(10-12-22)19-5-7-21(8-6-19)23(28)13-4-18-3-2-15-25-17-18/h2-3,5-12,15,17,27H,4,13-14,16H2,1H3. The molecule has 0 aliphatic heterocycles. The molecule has 0 aliphatic carbocycles. The summed E-state index contributed by atoms with van der Waals surface area (Å²) in [4.78, 5) is 29.9. The Bertz CT molecular complexity index is 952. The minimum absolute atomic E-state index is 0.106. The highest BCUT2D eigenvalue weighted by Crippen LogP contribution is 2.24. The summed E-state index contributed by atoms with van der Waals surface area (Å²) in [5.41, 5.74) is 4.54. The van der Waals surface area contributed by atoms with E-state index in [0.29, 0.717) is 18.4 Å². The highest BCUT2D eigenvalue weighted by molar-refractivity contribution is 5.96. The van der Waals surface area contributed by atoms with Crippen LogP contribution in [0.3, 0.4) is 0 Å². The number of benzene rings is 2. The summed E-state index contributed by atoms with van der Waals surface area (Å²) in [6, 6.07) is 19.1. The first-order valence-corrected chi connectivity index (χ1v) is 9.58. The van der Waals surface area contributed by atoms with Gasteiger partial charge < -0.3 is 10.0 Å². The third kappa shape index (κ3) is 5.36. The van der Waals surface area contributed by atoms with Gasteiger partial charge in [0.05, 0.1) is 13.0 Å². The maximum Gasteiger partial charge on any atom is 0.229 e. The van der Waals surface area contributed by atoms with Gasteiger partial charge in [-0.3, -0.25) is 14.6 Å². The molecule has 0 aliphatic rings. The Morgan fingerprint density at radius 2 is 1.59 bits per heavy atom. The minimum Gasteiger partial charge on any atom is -0.396 e. The quantitative estimate of drug-likeness (QED) is 0.594. The Labute approximate surface area is 170 Å². The predicted octanol–water partition coefficient (Wildman–Crippen LogP) is 3.91. The van der Waals surface area contributed by atoms with Crippen LogP contribution in [0.1, 0.15) is 28.8 Å². The topological polar surface area (TPSA) is 70.5 Å². The fourth-order valence-electron chi connectivity index (χ4n) is 3.08. The summed E-state index contributed by atoms with van der Waals surface area (Å²) in [5.74, 6) is -0.0193. The fourth-order valence-corrected chi connectivity index (χ4v) is 3.08. The third-order valence-corrected chi connectivity index (χ3v) is 4.86. The first-order valence-electron chi connectivity index (χ1n) is 9.58. The molecule has 29 heavy (non-hydrogen) atoms. The number of aromatic nitrogens is 1. The first-order chi connectivity index (χ1) is 14.1. The molecule has 0 unspecified atom stereocenters. The van der Waals surface area contributed by atoms with E-state index in [2.05, 4.69) is 4.98 Å². The summed E-state index contributed by atoms with van der Waals surface area (Å²) in [5, 5.41) is 8.90. The van der Waals surface area contributed by atoms with Crippen molar-refractivity contribution in [2.24, 2.45) is 0 Å². The zero-order chi connectivity index (χ0) is 20.6. The highest BCUT2D eigenvalue weighted by atomic mass is 16.3. The van der Waals surface area contributed by atoms with Crippen LogP contribution < -0.4 is 4.90 Å². The first kappa shape index (κ1) is 20.4. The number of pyridine rings is 1. The van der Waals surface area contributed by atoms with Crippen LogP contribution in [0.15, 0.2) is 73.1 Å². The fraction of sp³-hybridized carbons (Fsp3) is 0.208. The molecule has 0 fully saturated rings. The Balaban J connectivity index is 1.63. The molecule has 1 N–H and O–H groups in total. The molecule has 0 saturated carbocycles. The molecule has 1 amide bonds. The summed E-state index contributed by atoms with van der Waals surface area (Å²) in [6.07, 6.45) is 4.75. The molecule has 0 spiro atoms. The van der Waals surface area contributed by atoms with E-state index in [9.17, 15) is 9.59 Å². The number of hydrogen-bond donors (Lipinski definition) is 1. The SMILES string of the molecule is CN(C(=O)CCO)c1ccc(-c2ccc(C(=O)CCc3cccnc3)cc2)cc1. The maximum absolute atomic E-state index is 12.4. The Hall–Kier alpha value is -3.31. The van der Waals surface area contributed by atoms with Crippen LogP contribution in [0, 0.1) is 0 Å². The zero-order valence-corrected chi connectivity index (χ0v) is 16.4. The number of ketones is 1. The average molecular weight is 388 g/mol. The van der Waals surface area contributed by atoms with Gasteiger partial charge in [-0.25, -0.2) is 0 Å². The van der Waals surface area contributed by atoms with Gasteiger partial charge in [-0.05, 0) is 41.3 Å². The van der Waals surface area contributed by atoms with Gasteiger partial charge in [0.15, 0.2) is 5.78 Å². The average Bonchev–Trinajstić information content (AvgIpc) is 2.78. The molecule has 1 heterocycles. The number of nitrogens with zero attached hydrogens (tertiary/aromatic N) is 2. The smallest absolute Gasteiger partial charge is 0.229 e. The monoisotopic (exact) mass is 388 g/mol. The second-order valence-electron chi connectivity index (χ2n) is 6.84. The largest absolute Gasteiger partial charge is 0.396 e. The Morgan fingerprint density at radius 3 is 2.17 bits per heavy atom. The number of aliphatic hydroxyl groups is 1. The molecule has 0 saturated heterocycles. The number of Topliss-reactive ketones (excluding diaryl/α,β-unsaturated/α-hetero) is 1. The number of aryl methyl sites for hydroxylation is 1. The van der Waals surface area contributed by atoms with Crippen LogP contribution in [-0.4, -0.2) is 35.4 Å². The van der Waals surface area contributed by atoms with Crippen molar-refractivity contribution in [2.75, 3.05) is 18.6 Å². The van der Waals surface area contributed by atoms with Crippen molar-refractivity contribution in [2.45, 2.75) is 19.3 Å². The number of carbonyl (C=O) groups is 2. The highest BCUT2D eigenvalue weighted by Gasteiger charge is 2.11. The molecular formula is C24H24N2O3. The van der Waals surface area contributed by atoms with Gasteiger partial charge in [-0.1, -0.05) is 42.5 Å². The van der Waals surface area contributed by atoms with E-state index in [1.165, 1.54) is 4.90 Å². The summed E-state index contributed by atoms with van der Waals surface area (Å²) < 4.78 is 0. The van der Waals surface area contributed by atoms with Gasteiger partial charge in [0.2, 0.25) is 5.91 Å². The van der Waals surface area contributed by atoms with Crippen molar-refractivity contribution in [3.8, 4) is 11.1 Å². The maximum atomic E-state index is 12.4. The number of rotatable bonds is 8. The van der Waals surface area contributed by atoms with E-state index in [0.717, 1.165) is 22.4 Å². The van der Waals surface area contributed by atoms with E-state index >= 15 is 0 Å². The van der Waals surface area contributed by atoms with Crippen molar-refractivity contribution in [1.29, 1.82) is 0 Å². The summed E-state index contributed by atoms with van der Waals surface area (Å²) >= 11 is 0. The van der Waals surface area contributed by atoms with E-state index in [4.69, 9.17) is 5.11 Å². The summed E-state index contributed by atoms with van der Waals surface area (Å²) in [6.45, 7) is -0.158. The lowest BCUT2D eigenvalue weighted by Crippen LogP contribution is -2.26. The molecule has 2 aromatic carbocycles. The van der Waals surface area contributed by atoms with Gasteiger partial charge in [-0.2, -0.15) is 0 Å². The number of aliphatic hydroxyl groups excluding tert-OH is 1. The van der Waals surface area contributed by atoms with Gasteiger partial charge in [0.25, 0.3) is 0 Å². The molecule has 3 rings (SSSR count). The van der Waals surface area contributed by atoms with E-state index in [-0.39, 0.29) is 24.7 Å². The van der Waals surface area contributed by atoms with Crippen LogP contribution in [0.4, 0.5) is 5.69 Å². The van der Waals surface area contributed by atoms with E-state index in [1.54, 1.807) is 19.4 Å². The van der Waals surface area contributed by atoms with Crippen LogP contribution in [0.5, 0.6) is 0 Å². The van der Waals surface area contributed by atoms with E-state index in [1.807, 2.05) is 60.7 Å². The Kier molecular flexibility index (Phi) is 6.87. The van der Waals surface area contributed by atoms with Gasteiger partial charge in [-0.15, -0.1) is 0 Å². The molecule has 0 bridgehead atoms. The summed E-state index contributed by atoms with van der Waals surface area (Å²) in [7, 11) is 1.69. The molecular weight excluding hydrogens is 364 g/mol. The zero-order valence-electron chi connectivity index (χ0n) is 16.4. The lowest BCUT2D eigenvalue weighted by molar-refractivity contribution is -0.118. The molecule has 1 aromatic heterocycles. The van der Waals surface area contributed by atoms with Crippen LogP contribution in [0.25, 0.3) is 11.1 Å². The van der Waals surface area contributed by atoms with Crippen LogP contribution in [0.2, 0.25) is 0 Å². The molecule has 3 aromatic rings. The molecule has 5 heteroatoms. The van der Waals surface area contributed by atoms with Gasteiger partial charge in [0, 0.05) is 37.1 Å². The lowest BCUT2D eigenvalue weighted by Gasteiger charge is -2.17.